The number of carbonyl (C=O) groups is 1. The van der Waals surface area contributed by atoms with Gasteiger partial charge in [-0.1, -0.05) is 0 Å². The molecule has 1 fully saturated rings. The zero-order chi connectivity index (χ0) is 12.4. The number of hydrogen-bond donors (Lipinski definition) is 0. The van der Waals surface area contributed by atoms with Gasteiger partial charge in [0, 0.05) is 37.5 Å². The minimum atomic E-state index is 0.116. The van der Waals surface area contributed by atoms with Crippen molar-refractivity contribution in [1.29, 1.82) is 0 Å². The summed E-state index contributed by atoms with van der Waals surface area (Å²) in [5.41, 5.74) is 3.11. The number of aromatic nitrogens is 2. The van der Waals surface area contributed by atoms with Crippen LogP contribution in [0.4, 0.5) is 0 Å². The highest BCUT2D eigenvalue weighted by molar-refractivity contribution is 5.92. The molecule has 0 spiro atoms. The summed E-state index contributed by atoms with van der Waals surface area (Å²) in [5.74, 6) is 0.116. The molecule has 0 unspecified atom stereocenters. The van der Waals surface area contributed by atoms with E-state index in [0.29, 0.717) is 0 Å². The molecule has 4 nitrogen and oxygen atoms in total. The van der Waals surface area contributed by atoms with E-state index >= 15 is 0 Å². The van der Waals surface area contributed by atoms with Crippen LogP contribution in [0.2, 0.25) is 0 Å². The van der Waals surface area contributed by atoms with Crippen LogP contribution in [0.25, 0.3) is 6.08 Å². The van der Waals surface area contributed by atoms with Crippen molar-refractivity contribution in [2.24, 2.45) is 7.05 Å². The fourth-order valence-electron chi connectivity index (χ4n) is 2.23. The normalized spacial score (nSPS) is 16.1. The molecule has 0 saturated carbocycles. The quantitative estimate of drug-likeness (QED) is 0.729. The van der Waals surface area contributed by atoms with Crippen molar-refractivity contribution >= 4 is 12.0 Å². The largest absolute Gasteiger partial charge is 0.339 e. The monoisotopic (exact) mass is 233 g/mol. The summed E-state index contributed by atoms with van der Waals surface area (Å²) in [7, 11) is 1.92. The lowest BCUT2D eigenvalue weighted by Gasteiger charge is -2.11. The topological polar surface area (TPSA) is 38.1 Å². The Balaban J connectivity index is 2.11. The third-order valence-electron chi connectivity index (χ3n) is 3.38. The number of rotatable bonds is 2. The predicted octanol–water partition coefficient (Wildman–Crippen LogP) is 1.67. The molecule has 0 radical (unpaired) electrons. The number of carbonyl (C=O) groups excluding carboxylic acids is 1. The van der Waals surface area contributed by atoms with E-state index in [1.54, 1.807) is 6.08 Å². The molecular formula is C13H19N3O. The summed E-state index contributed by atoms with van der Waals surface area (Å²) in [6.45, 7) is 5.77. The minimum absolute atomic E-state index is 0.116. The fourth-order valence-corrected chi connectivity index (χ4v) is 2.23. The first-order chi connectivity index (χ1) is 8.09. The van der Waals surface area contributed by atoms with Crippen LogP contribution in [0.15, 0.2) is 6.08 Å². The van der Waals surface area contributed by atoms with Gasteiger partial charge in [-0.15, -0.1) is 0 Å². The Bertz CT molecular complexity index is 453. The van der Waals surface area contributed by atoms with Gasteiger partial charge in [0.1, 0.15) is 0 Å². The number of likely N-dealkylation sites (tertiary alicyclic amines) is 1. The van der Waals surface area contributed by atoms with Crippen LogP contribution in [0.1, 0.15) is 29.8 Å². The summed E-state index contributed by atoms with van der Waals surface area (Å²) < 4.78 is 1.84. The predicted molar refractivity (Wildman–Crippen MR) is 67.5 cm³/mol. The highest BCUT2D eigenvalue weighted by Gasteiger charge is 2.15. The third-order valence-corrected chi connectivity index (χ3v) is 3.38. The maximum absolute atomic E-state index is 11.9. The molecule has 0 bridgehead atoms. The summed E-state index contributed by atoms with van der Waals surface area (Å²) in [6.07, 6.45) is 5.82. The summed E-state index contributed by atoms with van der Waals surface area (Å²) in [5, 5.41) is 4.33. The zero-order valence-corrected chi connectivity index (χ0v) is 10.7. The van der Waals surface area contributed by atoms with E-state index < -0.39 is 0 Å². The molecule has 92 valence electrons. The molecule has 1 aliphatic heterocycles. The minimum Gasteiger partial charge on any atom is -0.339 e. The maximum atomic E-state index is 11.9. The van der Waals surface area contributed by atoms with Gasteiger partial charge in [-0.2, -0.15) is 5.10 Å². The third kappa shape index (κ3) is 2.40. The summed E-state index contributed by atoms with van der Waals surface area (Å²) in [4.78, 5) is 13.8. The average molecular weight is 233 g/mol. The van der Waals surface area contributed by atoms with Gasteiger partial charge in [-0.3, -0.25) is 9.48 Å². The first-order valence-electron chi connectivity index (χ1n) is 6.07. The van der Waals surface area contributed by atoms with E-state index in [1.807, 2.05) is 36.6 Å². The molecular weight excluding hydrogens is 214 g/mol. The maximum Gasteiger partial charge on any atom is 0.246 e. The summed E-state index contributed by atoms with van der Waals surface area (Å²) in [6, 6.07) is 0. The van der Waals surface area contributed by atoms with Gasteiger partial charge in [0.05, 0.1) is 5.69 Å². The smallest absolute Gasteiger partial charge is 0.246 e. The van der Waals surface area contributed by atoms with Crippen LogP contribution in [0.3, 0.4) is 0 Å². The van der Waals surface area contributed by atoms with Crippen LogP contribution in [0, 0.1) is 13.8 Å². The van der Waals surface area contributed by atoms with Gasteiger partial charge in [-0.25, -0.2) is 0 Å². The van der Waals surface area contributed by atoms with Crippen LogP contribution in [-0.4, -0.2) is 33.7 Å². The molecule has 0 aromatic carbocycles. The Labute approximate surface area is 102 Å². The Hall–Kier alpha value is -1.58. The summed E-state index contributed by atoms with van der Waals surface area (Å²) >= 11 is 0. The highest BCUT2D eigenvalue weighted by atomic mass is 16.2. The molecule has 2 rings (SSSR count). The Morgan fingerprint density at radius 1 is 1.29 bits per heavy atom. The van der Waals surface area contributed by atoms with Crippen LogP contribution in [-0.2, 0) is 11.8 Å². The Morgan fingerprint density at radius 3 is 2.47 bits per heavy atom. The van der Waals surface area contributed by atoms with Crippen molar-refractivity contribution in [2.75, 3.05) is 13.1 Å². The first kappa shape index (κ1) is 11.9. The molecule has 0 atom stereocenters. The van der Waals surface area contributed by atoms with E-state index in [2.05, 4.69) is 5.10 Å². The molecule has 1 aromatic rings. The Morgan fingerprint density at radius 2 is 1.94 bits per heavy atom. The van der Waals surface area contributed by atoms with Crippen molar-refractivity contribution < 1.29 is 4.79 Å². The second-order valence-electron chi connectivity index (χ2n) is 4.57. The van der Waals surface area contributed by atoms with Gasteiger partial charge in [0.25, 0.3) is 0 Å². The molecule has 4 heteroatoms. The second kappa shape index (κ2) is 4.73. The lowest BCUT2D eigenvalue weighted by atomic mass is 10.2. The Kier molecular flexibility index (Phi) is 3.31. The van der Waals surface area contributed by atoms with Crippen molar-refractivity contribution in [1.82, 2.24) is 14.7 Å². The molecule has 1 saturated heterocycles. The van der Waals surface area contributed by atoms with Gasteiger partial charge >= 0.3 is 0 Å². The molecule has 1 amide bonds. The molecule has 1 aromatic heterocycles. The van der Waals surface area contributed by atoms with Crippen molar-refractivity contribution in [3.05, 3.63) is 23.0 Å². The van der Waals surface area contributed by atoms with Crippen LogP contribution in [0.5, 0.6) is 0 Å². The SMILES string of the molecule is Cc1nn(C)c(C)c1C=CC(=O)N1CCCC1. The van der Waals surface area contributed by atoms with Gasteiger partial charge in [0.15, 0.2) is 0 Å². The number of amides is 1. The number of hydrogen-bond acceptors (Lipinski definition) is 2. The van der Waals surface area contributed by atoms with E-state index in [-0.39, 0.29) is 5.91 Å². The fraction of sp³-hybridized carbons (Fsp3) is 0.538. The van der Waals surface area contributed by atoms with Gasteiger partial charge in [0.2, 0.25) is 5.91 Å². The first-order valence-corrected chi connectivity index (χ1v) is 6.07. The standard InChI is InChI=1S/C13H19N3O/c1-10-12(11(2)15(3)14-10)6-7-13(17)16-8-4-5-9-16/h6-7H,4-5,8-9H2,1-3H3. The molecule has 0 N–H and O–H groups in total. The highest BCUT2D eigenvalue weighted by Crippen LogP contribution is 2.14. The van der Waals surface area contributed by atoms with Crippen molar-refractivity contribution in [3.63, 3.8) is 0 Å². The van der Waals surface area contributed by atoms with Gasteiger partial charge in [-0.05, 0) is 32.8 Å². The molecule has 2 heterocycles. The van der Waals surface area contributed by atoms with Crippen LogP contribution < -0.4 is 0 Å². The lowest BCUT2D eigenvalue weighted by molar-refractivity contribution is -0.124. The van der Waals surface area contributed by atoms with E-state index in [9.17, 15) is 4.79 Å². The van der Waals surface area contributed by atoms with E-state index in [0.717, 1.165) is 42.9 Å². The second-order valence-corrected chi connectivity index (χ2v) is 4.57. The van der Waals surface area contributed by atoms with E-state index in [4.69, 9.17) is 0 Å². The van der Waals surface area contributed by atoms with Crippen LogP contribution >= 0.6 is 0 Å². The average Bonchev–Trinajstić information content (AvgIpc) is 2.88. The molecule has 17 heavy (non-hydrogen) atoms. The molecule has 0 aliphatic carbocycles. The molecule has 1 aliphatic rings. The lowest BCUT2D eigenvalue weighted by Crippen LogP contribution is -2.25. The van der Waals surface area contributed by atoms with Crippen molar-refractivity contribution in [2.45, 2.75) is 26.7 Å². The van der Waals surface area contributed by atoms with Gasteiger partial charge < -0.3 is 4.90 Å². The zero-order valence-electron chi connectivity index (χ0n) is 10.7. The number of aryl methyl sites for hydroxylation is 2. The van der Waals surface area contributed by atoms with E-state index in [1.165, 1.54) is 0 Å². The van der Waals surface area contributed by atoms with Crippen molar-refractivity contribution in [3.8, 4) is 0 Å². The number of nitrogens with zero attached hydrogens (tertiary/aromatic N) is 3.